The molecule has 1 saturated carbocycles. The zero-order chi connectivity index (χ0) is 11.9. The molecule has 0 atom stereocenters. The van der Waals surface area contributed by atoms with Gasteiger partial charge in [-0.25, -0.2) is 0 Å². The van der Waals surface area contributed by atoms with Crippen molar-refractivity contribution in [2.75, 3.05) is 6.54 Å². The summed E-state index contributed by atoms with van der Waals surface area (Å²) in [5.41, 5.74) is 0. The number of hydrogen-bond donors (Lipinski definition) is 1. The van der Waals surface area contributed by atoms with Gasteiger partial charge in [-0.1, -0.05) is 39.0 Å². The van der Waals surface area contributed by atoms with E-state index in [1.54, 1.807) is 11.3 Å². The van der Waals surface area contributed by atoms with Crippen molar-refractivity contribution >= 4 is 11.3 Å². The van der Waals surface area contributed by atoms with E-state index in [0.717, 1.165) is 30.4 Å². The van der Waals surface area contributed by atoms with Crippen LogP contribution >= 0.6 is 11.3 Å². The van der Waals surface area contributed by atoms with E-state index in [1.165, 1.54) is 43.5 Å². The Bertz CT molecular complexity index is 318. The summed E-state index contributed by atoms with van der Waals surface area (Å²) in [4.78, 5) is 0. The lowest BCUT2D eigenvalue weighted by molar-refractivity contribution is 0.339. The van der Waals surface area contributed by atoms with Gasteiger partial charge in [-0.15, -0.1) is 21.5 Å². The SMILES string of the molecule is CCNCc1nnc(CCC2CCCCC2)s1. The molecule has 1 aromatic rings. The highest BCUT2D eigenvalue weighted by atomic mass is 32.1. The molecule has 1 heterocycles. The molecule has 0 radical (unpaired) electrons. The zero-order valence-electron chi connectivity index (χ0n) is 10.7. The summed E-state index contributed by atoms with van der Waals surface area (Å²) in [7, 11) is 0. The largest absolute Gasteiger partial charge is 0.311 e. The van der Waals surface area contributed by atoms with Crippen LogP contribution in [0.3, 0.4) is 0 Å². The van der Waals surface area contributed by atoms with E-state index in [0.29, 0.717) is 0 Å². The molecule has 0 saturated heterocycles. The van der Waals surface area contributed by atoms with Crippen molar-refractivity contribution < 1.29 is 0 Å². The van der Waals surface area contributed by atoms with Gasteiger partial charge in [0.15, 0.2) is 0 Å². The average Bonchev–Trinajstić information content (AvgIpc) is 2.83. The molecule has 2 rings (SSSR count). The molecule has 0 aromatic carbocycles. The van der Waals surface area contributed by atoms with Crippen LogP contribution in [-0.4, -0.2) is 16.7 Å². The van der Waals surface area contributed by atoms with Crippen LogP contribution in [0.15, 0.2) is 0 Å². The number of aryl methyl sites for hydroxylation is 1. The van der Waals surface area contributed by atoms with Crippen molar-refractivity contribution in [1.29, 1.82) is 0 Å². The van der Waals surface area contributed by atoms with Gasteiger partial charge in [0.1, 0.15) is 10.0 Å². The molecular formula is C13H23N3S. The molecule has 0 spiro atoms. The fraction of sp³-hybridized carbons (Fsp3) is 0.846. The molecule has 17 heavy (non-hydrogen) atoms. The predicted octanol–water partition coefficient (Wildman–Crippen LogP) is 3.16. The van der Waals surface area contributed by atoms with Crippen molar-refractivity contribution in [3.05, 3.63) is 10.0 Å². The third kappa shape index (κ3) is 4.36. The quantitative estimate of drug-likeness (QED) is 0.846. The van der Waals surface area contributed by atoms with Crippen molar-refractivity contribution in [3.8, 4) is 0 Å². The summed E-state index contributed by atoms with van der Waals surface area (Å²) in [6.45, 7) is 3.99. The molecule has 0 bridgehead atoms. The Kier molecular flexibility index (Phi) is 5.39. The maximum Gasteiger partial charge on any atom is 0.131 e. The topological polar surface area (TPSA) is 37.8 Å². The van der Waals surface area contributed by atoms with Crippen LogP contribution in [0.4, 0.5) is 0 Å². The van der Waals surface area contributed by atoms with Crippen molar-refractivity contribution in [2.45, 2.75) is 58.4 Å². The first-order valence-corrected chi connectivity index (χ1v) is 7.72. The van der Waals surface area contributed by atoms with E-state index >= 15 is 0 Å². The Morgan fingerprint density at radius 2 is 1.94 bits per heavy atom. The first kappa shape index (κ1) is 13.0. The Hall–Kier alpha value is -0.480. The normalized spacial score (nSPS) is 17.5. The van der Waals surface area contributed by atoms with Crippen LogP contribution < -0.4 is 5.32 Å². The monoisotopic (exact) mass is 253 g/mol. The molecule has 1 aromatic heterocycles. The smallest absolute Gasteiger partial charge is 0.131 e. The lowest BCUT2D eigenvalue weighted by Gasteiger charge is -2.20. The molecule has 3 nitrogen and oxygen atoms in total. The molecule has 0 aliphatic heterocycles. The van der Waals surface area contributed by atoms with Gasteiger partial charge in [0.05, 0.1) is 0 Å². The van der Waals surface area contributed by atoms with E-state index < -0.39 is 0 Å². The van der Waals surface area contributed by atoms with Gasteiger partial charge in [0.25, 0.3) is 0 Å². The lowest BCUT2D eigenvalue weighted by atomic mass is 9.86. The maximum absolute atomic E-state index is 4.28. The number of nitrogens with zero attached hydrogens (tertiary/aromatic N) is 2. The van der Waals surface area contributed by atoms with Crippen LogP contribution in [0.2, 0.25) is 0 Å². The van der Waals surface area contributed by atoms with E-state index in [-0.39, 0.29) is 0 Å². The highest BCUT2D eigenvalue weighted by Crippen LogP contribution is 2.27. The van der Waals surface area contributed by atoms with Gasteiger partial charge in [-0.3, -0.25) is 0 Å². The molecule has 0 unspecified atom stereocenters. The fourth-order valence-corrected chi connectivity index (χ4v) is 3.33. The van der Waals surface area contributed by atoms with Crippen LogP contribution in [0.1, 0.15) is 55.5 Å². The standard InChI is InChI=1S/C13H23N3S/c1-2-14-10-13-16-15-12(17-13)9-8-11-6-4-3-5-7-11/h11,14H,2-10H2,1H3. The maximum atomic E-state index is 4.28. The molecule has 1 N–H and O–H groups in total. The Morgan fingerprint density at radius 1 is 1.18 bits per heavy atom. The lowest BCUT2D eigenvalue weighted by Crippen LogP contribution is -2.11. The summed E-state index contributed by atoms with van der Waals surface area (Å²) in [6.07, 6.45) is 9.64. The minimum atomic E-state index is 0.873. The Balaban J connectivity index is 1.72. The van der Waals surface area contributed by atoms with Gasteiger partial charge in [-0.2, -0.15) is 0 Å². The third-order valence-electron chi connectivity index (χ3n) is 3.53. The number of hydrogen-bond acceptors (Lipinski definition) is 4. The van der Waals surface area contributed by atoms with Gasteiger partial charge < -0.3 is 5.32 Å². The predicted molar refractivity (Wildman–Crippen MR) is 72.2 cm³/mol. The fourth-order valence-electron chi connectivity index (χ4n) is 2.50. The number of aromatic nitrogens is 2. The van der Waals surface area contributed by atoms with Crippen molar-refractivity contribution in [3.63, 3.8) is 0 Å². The summed E-state index contributed by atoms with van der Waals surface area (Å²) < 4.78 is 0. The van der Waals surface area contributed by atoms with Gasteiger partial charge in [0.2, 0.25) is 0 Å². The number of rotatable bonds is 6. The summed E-state index contributed by atoms with van der Waals surface area (Å²) >= 11 is 1.78. The van der Waals surface area contributed by atoms with Gasteiger partial charge in [0, 0.05) is 13.0 Å². The molecule has 1 aliphatic rings. The third-order valence-corrected chi connectivity index (χ3v) is 4.51. The molecule has 1 aliphatic carbocycles. The van der Waals surface area contributed by atoms with Gasteiger partial charge >= 0.3 is 0 Å². The first-order valence-electron chi connectivity index (χ1n) is 6.90. The van der Waals surface area contributed by atoms with E-state index in [9.17, 15) is 0 Å². The van der Waals surface area contributed by atoms with Crippen LogP contribution in [0, 0.1) is 5.92 Å². The average molecular weight is 253 g/mol. The second-order valence-electron chi connectivity index (χ2n) is 4.91. The molecule has 96 valence electrons. The highest BCUT2D eigenvalue weighted by molar-refractivity contribution is 7.11. The van der Waals surface area contributed by atoms with E-state index in [4.69, 9.17) is 0 Å². The Morgan fingerprint density at radius 3 is 2.71 bits per heavy atom. The van der Waals surface area contributed by atoms with E-state index in [1.807, 2.05) is 0 Å². The number of nitrogens with one attached hydrogen (secondary N) is 1. The Labute approximate surface area is 108 Å². The van der Waals surface area contributed by atoms with Gasteiger partial charge in [-0.05, 0) is 18.9 Å². The highest BCUT2D eigenvalue weighted by Gasteiger charge is 2.14. The molecule has 0 amide bonds. The van der Waals surface area contributed by atoms with Crippen LogP contribution in [0.25, 0.3) is 0 Å². The first-order chi connectivity index (χ1) is 8.38. The van der Waals surface area contributed by atoms with Crippen molar-refractivity contribution in [1.82, 2.24) is 15.5 Å². The second kappa shape index (κ2) is 7.07. The van der Waals surface area contributed by atoms with E-state index in [2.05, 4.69) is 22.4 Å². The molecular weight excluding hydrogens is 230 g/mol. The minimum absolute atomic E-state index is 0.873. The molecule has 1 fully saturated rings. The van der Waals surface area contributed by atoms with Crippen LogP contribution in [0.5, 0.6) is 0 Å². The van der Waals surface area contributed by atoms with Crippen LogP contribution in [-0.2, 0) is 13.0 Å². The molecule has 4 heteroatoms. The second-order valence-corrected chi connectivity index (χ2v) is 6.06. The summed E-state index contributed by atoms with van der Waals surface area (Å²) in [6, 6.07) is 0. The van der Waals surface area contributed by atoms with Crippen molar-refractivity contribution in [2.24, 2.45) is 5.92 Å². The summed E-state index contributed by atoms with van der Waals surface area (Å²) in [5.74, 6) is 0.949. The summed E-state index contributed by atoms with van der Waals surface area (Å²) in [5, 5.41) is 14.2. The minimum Gasteiger partial charge on any atom is -0.311 e. The zero-order valence-corrected chi connectivity index (χ0v) is 11.6.